The molecule has 0 aromatic heterocycles. The molecular formula is C14H18O3. The number of rotatable bonds is 0. The molecule has 1 aromatic rings. The molecule has 1 heterocycles. The van der Waals surface area contributed by atoms with Crippen LogP contribution in [0.25, 0.3) is 0 Å². The average Bonchev–Trinajstić information content (AvgIpc) is 2.57. The summed E-state index contributed by atoms with van der Waals surface area (Å²) in [5.74, 6) is 2.11. The zero-order valence-electron chi connectivity index (χ0n) is 10.1. The fraction of sp³-hybridized carbons (Fsp3) is 0.571. The zero-order chi connectivity index (χ0) is 11.8. The third-order valence-electron chi connectivity index (χ3n) is 3.72. The van der Waals surface area contributed by atoms with Gasteiger partial charge in [-0.3, -0.25) is 0 Å². The molecule has 3 heteroatoms. The molecule has 0 spiro atoms. The molecule has 2 aliphatic rings. The first-order chi connectivity index (χ1) is 8.25. The highest BCUT2D eigenvalue weighted by molar-refractivity contribution is 5.50. The van der Waals surface area contributed by atoms with Crippen molar-refractivity contribution in [1.29, 1.82) is 0 Å². The molecule has 3 nitrogen and oxygen atoms in total. The van der Waals surface area contributed by atoms with E-state index in [0.29, 0.717) is 19.1 Å². The highest BCUT2D eigenvalue weighted by Gasteiger charge is 2.26. The molecule has 1 N–H and O–H groups in total. The van der Waals surface area contributed by atoms with E-state index in [1.807, 2.05) is 6.07 Å². The quantitative estimate of drug-likeness (QED) is 0.750. The molecule has 1 aliphatic carbocycles. The number of benzene rings is 1. The fourth-order valence-corrected chi connectivity index (χ4v) is 2.67. The Morgan fingerprint density at radius 1 is 1.06 bits per heavy atom. The van der Waals surface area contributed by atoms with Crippen LogP contribution in [-0.2, 0) is 0 Å². The van der Waals surface area contributed by atoms with E-state index in [-0.39, 0.29) is 6.10 Å². The van der Waals surface area contributed by atoms with Crippen LogP contribution in [0.2, 0.25) is 0 Å². The maximum atomic E-state index is 10.1. The van der Waals surface area contributed by atoms with Gasteiger partial charge in [0.25, 0.3) is 0 Å². The van der Waals surface area contributed by atoms with Gasteiger partial charge in [0, 0.05) is 6.42 Å². The summed E-state index contributed by atoms with van der Waals surface area (Å²) in [6.07, 6.45) is 2.44. The Morgan fingerprint density at radius 3 is 2.41 bits per heavy atom. The minimum Gasteiger partial charge on any atom is -0.490 e. The Morgan fingerprint density at radius 2 is 1.71 bits per heavy atom. The van der Waals surface area contributed by atoms with Crippen LogP contribution in [-0.4, -0.2) is 18.3 Å². The van der Waals surface area contributed by atoms with Gasteiger partial charge in [-0.05, 0) is 42.0 Å². The van der Waals surface area contributed by atoms with Gasteiger partial charge in [0.15, 0.2) is 11.5 Å². The maximum absolute atomic E-state index is 10.1. The predicted molar refractivity (Wildman–Crippen MR) is 64.7 cm³/mol. The Labute approximate surface area is 101 Å². The lowest BCUT2D eigenvalue weighted by atomic mass is 9.82. The summed E-state index contributed by atoms with van der Waals surface area (Å²) in [6, 6.07) is 4.03. The number of hydrogen-bond donors (Lipinski definition) is 1. The SMILES string of the molecule is CC1CC[C@H](O)c2cc3c(cc21)OCCCO3. The van der Waals surface area contributed by atoms with Gasteiger partial charge in [-0.15, -0.1) is 0 Å². The van der Waals surface area contributed by atoms with Crippen LogP contribution in [0.4, 0.5) is 0 Å². The first kappa shape index (κ1) is 10.9. The first-order valence-corrected chi connectivity index (χ1v) is 6.37. The van der Waals surface area contributed by atoms with Crippen molar-refractivity contribution in [3.8, 4) is 11.5 Å². The molecule has 0 bridgehead atoms. The normalized spacial score (nSPS) is 27.2. The summed E-state index contributed by atoms with van der Waals surface area (Å²) in [6.45, 7) is 3.61. The Bertz CT molecular complexity index is 389. The Hall–Kier alpha value is -1.22. The number of aliphatic hydroxyl groups excluding tert-OH is 1. The molecule has 0 saturated carbocycles. The van der Waals surface area contributed by atoms with Crippen LogP contribution in [0, 0.1) is 0 Å². The van der Waals surface area contributed by atoms with Crippen LogP contribution < -0.4 is 9.47 Å². The standard InChI is InChI=1S/C14H18O3/c1-9-3-4-12(15)11-8-14-13(7-10(9)11)16-5-2-6-17-14/h7-9,12,15H,2-6H2,1H3/t9?,12-/m0/s1. The molecule has 0 saturated heterocycles. The average molecular weight is 234 g/mol. The fourth-order valence-electron chi connectivity index (χ4n) is 2.67. The number of aliphatic hydroxyl groups is 1. The molecule has 1 aromatic carbocycles. The van der Waals surface area contributed by atoms with Crippen molar-refractivity contribution in [3.63, 3.8) is 0 Å². The summed E-state index contributed by atoms with van der Waals surface area (Å²) in [7, 11) is 0. The number of hydrogen-bond acceptors (Lipinski definition) is 3. The first-order valence-electron chi connectivity index (χ1n) is 6.37. The molecule has 3 rings (SSSR count). The lowest BCUT2D eigenvalue weighted by molar-refractivity contribution is 0.151. The topological polar surface area (TPSA) is 38.7 Å². The van der Waals surface area contributed by atoms with Crippen LogP contribution in [0.15, 0.2) is 12.1 Å². The third-order valence-corrected chi connectivity index (χ3v) is 3.72. The molecule has 0 radical (unpaired) electrons. The second-order valence-electron chi connectivity index (χ2n) is 4.97. The van der Waals surface area contributed by atoms with Crippen LogP contribution in [0.5, 0.6) is 11.5 Å². The van der Waals surface area contributed by atoms with Crippen molar-refractivity contribution in [2.24, 2.45) is 0 Å². The van der Waals surface area contributed by atoms with E-state index >= 15 is 0 Å². The minimum atomic E-state index is -0.349. The van der Waals surface area contributed by atoms with Gasteiger partial charge >= 0.3 is 0 Å². The molecule has 1 aliphatic heterocycles. The van der Waals surface area contributed by atoms with Gasteiger partial charge < -0.3 is 14.6 Å². The second kappa shape index (κ2) is 4.22. The van der Waals surface area contributed by atoms with Crippen LogP contribution in [0.3, 0.4) is 0 Å². The van der Waals surface area contributed by atoms with Crippen molar-refractivity contribution >= 4 is 0 Å². The van der Waals surface area contributed by atoms with Gasteiger partial charge in [-0.2, -0.15) is 0 Å². The van der Waals surface area contributed by atoms with Crippen LogP contribution >= 0.6 is 0 Å². The summed E-state index contributed by atoms with van der Waals surface area (Å²) < 4.78 is 11.4. The summed E-state index contributed by atoms with van der Waals surface area (Å²) in [4.78, 5) is 0. The van der Waals surface area contributed by atoms with E-state index in [0.717, 1.165) is 36.3 Å². The van der Waals surface area contributed by atoms with E-state index in [2.05, 4.69) is 13.0 Å². The van der Waals surface area contributed by atoms with Crippen molar-refractivity contribution in [2.45, 2.75) is 38.2 Å². The van der Waals surface area contributed by atoms with E-state index in [1.165, 1.54) is 5.56 Å². The zero-order valence-corrected chi connectivity index (χ0v) is 10.1. The lowest BCUT2D eigenvalue weighted by Gasteiger charge is -2.27. The molecular weight excluding hydrogens is 216 g/mol. The third kappa shape index (κ3) is 1.89. The second-order valence-corrected chi connectivity index (χ2v) is 4.97. The molecule has 0 fully saturated rings. The summed E-state index contributed by atoms with van der Waals surface area (Å²) >= 11 is 0. The van der Waals surface area contributed by atoms with Gasteiger partial charge in [0.2, 0.25) is 0 Å². The Balaban J connectivity index is 2.08. The van der Waals surface area contributed by atoms with Crippen molar-refractivity contribution in [2.75, 3.05) is 13.2 Å². The van der Waals surface area contributed by atoms with Gasteiger partial charge in [0.05, 0.1) is 19.3 Å². The van der Waals surface area contributed by atoms with Crippen molar-refractivity contribution < 1.29 is 14.6 Å². The monoisotopic (exact) mass is 234 g/mol. The summed E-state index contributed by atoms with van der Waals surface area (Å²) in [5.41, 5.74) is 2.24. The lowest BCUT2D eigenvalue weighted by Crippen LogP contribution is -2.13. The number of fused-ring (bicyclic) bond motifs is 2. The highest BCUT2D eigenvalue weighted by Crippen LogP contribution is 2.43. The highest BCUT2D eigenvalue weighted by atomic mass is 16.5. The Kier molecular flexibility index (Phi) is 2.71. The largest absolute Gasteiger partial charge is 0.490 e. The van der Waals surface area contributed by atoms with Gasteiger partial charge in [-0.25, -0.2) is 0 Å². The van der Waals surface area contributed by atoms with E-state index in [9.17, 15) is 5.11 Å². The molecule has 2 atom stereocenters. The summed E-state index contributed by atoms with van der Waals surface area (Å²) in [5, 5.41) is 10.1. The van der Waals surface area contributed by atoms with Crippen molar-refractivity contribution in [3.05, 3.63) is 23.3 Å². The molecule has 92 valence electrons. The number of ether oxygens (including phenoxy) is 2. The van der Waals surface area contributed by atoms with E-state index < -0.39 is 0 Å². The maximum Gasteiger partial charge on any atom is 0.161 e. The van der Waals surface area contributed by atoms with Crippen LogP contribution in [0.1, 0.15) is 49.3 Å². The minimum absolute atomic E-state index is 0.349. The smallest absolute Gasteiger partial charge is 0.161 e. The molecule has 1 unspecified atom stereocenters. The van der Waals surface area contributed by atoms with Gasteiger partial charge in [0.1, 0.15) is 0 Å². The van der Waals surface area contributed by atoms with Gasteiger partial charge in [-0.1, -0.05) is 6.92 Å². The predicted octanol–water partition coefficient (Wildman–Crippen LogP) is 2.78. The van der Waals surface area contributed by atoms with E-state index in [1.54, 1.807) is 0 Å². The van der Waals surface area contributed by atoms with E-state index in [4.69, 9.17) is 9.47 Å². The molecule has 0 amide bonds. The van der Waals surface area contributed by atoms with Crippen molar-refractivity contribution in [1.82, 2.24) is 0 Å². The molecule has 17 heavy (non-hydrogen) atoms.